The van der Waals surface area contributed by atoms with E-state index in [1.807, 2.05) is 0 Å². The highest BCUT2D eigenvalue weighted by Crippen LogP contribution is 2.34. The molecule has 1 aromatic heterocycles. The van der Waals surface area contributed by atoms with E-state index >= 15 is 0 Å². The van der Waals surface area contributed by atoms with Gasteiger partial charge in [-0.1, -0.05) is 34.8 Å². The maximum atomic E-state index is 12.2. The van der Waals surface area contributed by atoms with Crippen LogP contribution in [0.4, 0.5) is 11.4 Å². The summed E-state index contributed by atoms with van der Waals surface area (Å²) in [5.74, 6) is -0.0679. The molecule has 2 aromatic carbocycles. The molecule has 0 aliphatic rings. The quantitative estimate of drug-likeness (QED) is 0.419. The van der Waals surface area contributed by atoms with Crippen molar-refractivity contribution in [3.8, 4) is 11.5 Å². The maximum absolute atomic E-state index is 12.2. The van der Waals surface area contributed by atoms with Crippen LogP contribution in [0, 0.1) is 10.1 Å². The lowest BCUT2D eigenvalue weighted by molar-refractivity contribution is -0.384. The number of carbonyl (C=O) groups excluding carboxylic acids is 1. The van der Waals surface area contributed by atoms with Crippen molar-refractivity contribution in [1.82, 2.24) is 9.78 Å². The number of aromatic nitrogens is 2. The fourth-order valence-electron chi connectivity index (χ4n) is 2.28. The zero-order chi connectivity index (χ0) is 20.3. The van der Waals surface area contributed by atoms with Gasteiger partial charge in [-0.25, -0.2) is 0 Å². The molecule has 1 amide bonds. The largest absolute Gasteiger partial charge is 0.455 e. The third-order valence-corrected chi connectivity index (χ3v) is 4.14. The molecule has 0 aliphatic heterocycles. The monoisotopic (exact) mass is 440 g/mol. The van der Waals surface area contributed by atoms with E-state index < -0.39 is 10.8 Å². The molecule has 0 spiro atoms. The van der Waals surface area contributed by atoms with Gasteiger partial charge in [0.15, 0.2) is 0 Å². The van der Waals surface area contributed by atoms with Gasteiger partial charge in [-0.2, -0.15) is 5.10 Å². The summed E-state index contributed by atoms with van der Waals surface area (Å²) in [5.41, 5.74) is -0.0856. The molecule has 0 bridgehead atoms. The molecule has 0 radical (unpaired) electrons. The van der Waals surface area contributed by atoms with Crippen LogP contribution in [0.25, 0.3) is 0 Å². The summed E-state index contributed by atoms with van der Waals surface area (Å²) in [7, 11) is 0. The lowest BCUT2D eigenvalue weighted by Crippen LogP contribution is -2.19. The second-order valence-corrected chi connectivity index (χ2v) is 6.83. The highest BCUT2D eigenvalue weighted by Gasteiger charge is 2.14. The molecule has 1 heterocycles. The van der Waals surface area contributed by atoms with Gasteiger partial charge in [0.2, 0.25) is 5.91 Å². The van der Waals surface area contributed by atoms with Gasteiger partial charge < -0.3 is 10.1 Å². The zero-order valence-corrected chi connectivity index (χ0v) is 16.2. The van der Waals surface area contributed by atoms with Crippen molar-refractivity contribution in [3.63, 3.8) is 0 Å². The van der Waals surface area contributed by atoms with Crippen LogP contribution in [0.2, 0.25) is 15.1 Å². The fourth-order valence-corrected chi connectivity index (χ4v) is 2.88. The normalized spacial score (nSPS) is 10.5. The van der Waals surface area contributed by atoms with E-state index in [0.717, 1.165) is 0 Å². The van der Waals surface area contributed by atoms with E-state index in [4.69, 9.17) is 39.5 Å². The molecule has 8 nitrogen and oxygen atoms in total. The highest BCUT2D eigenvalue weighted by molar-refractivity contribution is 6.35. The number of carbonyl (C=O) groups is 1. The Labute approximate surface area is 173 Å². The maximum Gasteiger partial charge on any atom is 0.275 e. The number of nitrogens with one attached hydrogen (secondary N) is 1. The Morgan fingerprint density at radius 1 is 1.18 bits per heavy atom. The number of hydrogen-bond acceptors (Lipinski definition) is 5. The van der Waals surface area contributed by atoms with Gasteiger partial charge in [0.1, 0.15) is 18.0 Å². The van der Waals surface area contributed by atoms with Gasteiger partial charge >= 0.3 is 0 Å². The Morgan fingerprint density at radius 3 is 2.61 bits per heavy atom. The van der Waals surface area contributed by atoms with Gasteiger partial charge in [0.25, 0.3) is 5.69 Å². The van der Waals surface area contributed by atoms with Gasteiger partial charge in [0.05, 0.1) is 32.9 Å². The van der Waals surface area contributed by atoms with Crippen LogP contribution in [-0.4, -0.2) is 20.6 Å². The predicted octanol–water partition coefficient (Wildman–Crippen LogP) is 5.18. The van der Waals surface area contributed by atoms with E-state index in [1.54, 1.807) is 6.07 Å². The van der Waals surface area contributed by atoms with Crippen LogP contribution < -0.4 is 10.1 Å². The Morgan fingerprint density at radius 2 is 1.96 bits per heavy atom. The average Bonchev–Trinajstić information content (AvgIpc) is 3.01. The van der Waals surface area contributed by atoms with Gasteiger partial charge in [-0.15, -0.1) is 0 Å². The van der Waals surface area contributed by atoms with Crippen LogP contribution in [0.15, 0.2) is 48.8 Å². The first-order chi connectivity index (χ1) is 13.3. The van der Waals surface area contributed by atoms with Crippen LogP contribution in [0.3, 0.4) is 0 Å². The third-order valence-electron chi connectivity index (χ3n) is 3.41. The molecule has 3 rings (SSSR count). The number of anilines is 1. The standard InChI is InChI=1S/C17H11Cl3N4O4/c18-10-1-2-16(15(20)3-10)28-14-5-12(4-13(6-14)24(26)27)22-17(25)9-23-8-11(19)7-21-23/h1-8H,9H2,(H,22,25). The Balaban J connectivity index is 1.82. The summed E-state index contributed by atoms with van der Waals surface area (Å²) in [4.78, 5) is 22.8. The molecule has 1 N–H and O–H groups in total. The minimum atomic E-state index is -0.598. The number of nitro groups is 1. The van der Waals surface area contributed by atoms with Crippen molar-refractivity contribution < 1.29 is 14.5 Å². The molecular weight excluding hydrogens is 431 g/mol. The summed E-state index contributed by atoms with van der Waals surface area (Å²) in [6.45, 7) is -0.116. The van der Waals surface area contributed by atoms with E-state index in [0.29, 0.717) is 10.0 Å². The number of amides is 1. The van der Waals surface area contributed by atoms with Crippen molar-refractivity contribution in [2.24, 2.45) is 0 Å². The number of ether oxygens (including phenoxy) is 1. The lowest BCUT2D eigenvalue weighted by atomic mass is 10.2. The van der Waals surface area contributed by atoms with E-state index in [2.05, 4.69) is 10.4 Å². The summed E-state index contributed by atoms with van der Waals surface area (Å²) >= 11 is 17.7. The topological polar surface area (TPSA) is 99.3 Å². The van der Waals surface area contributed by atoms with E-state index in [9.17, 15) is 14.9 Å². The first-order valence-corrected chi connectivity index (χ1v) is 8.84. The zero-order valence-electron chi connectivity index (χ0n) is 13.9. The number of non-ortho nitro benzene ring substituents is 1. The summed E-state index contributed by atoms with van der Waals surface area (Å²) in [6.07, 6.45) is 2.87. The number of rotatable bonds is 6. The second kappa shape index (κ2) is 8.47. The summed E-state index contributed by atoms with van der Waals surface area (Å²) in [5, 5.41) is 18.7. The Hall–Kier alpha value is -2.81. The van der Waals surface area contributed by atoms with Gasteiger partial charge in [-0.05, 0) is 18.2 Å². The van der Waals surface area contributed by atoms with Crippen LogP contribution in [-0.2, 0) is 11.3 Å². The molecule has 11 heteroatoms. The molecule has 144 valence electrons. The van der Waals surface area contributed by atoms with Crippen molar-refractivity contribution in [1.29, 1.82) is 0 Å². The molecule has 0 saturated carbocycles. The Bertz CT molecular complexity index is 1050. The second-order valence-electron chi connectivity index (χ2n) is 5.55. The molecular formula is C17H11Cl3N4O4. The molecule has 0 atom stereocenters. The minimum absolute atomic E-state index is 0.116. The van der Waals surface area contributed by atoms with Crippen molar-refractivity contribution in [3.05, 3.63) is 74.0 Å². The first-order valence-electron chi connectivity index (χ1n) is 7.70. The number of halogens is 3. The van der Waals surface area contributed by atoms with Crippen molar-refractivity contribution in [2.75, 3.05) is 5.32 Å². The molecule has 28 heavy (non-hydrogen) atoms. The van der Waals surface area contributed by atoms with Crippen LogP contribution in [0.1, 0.15) is 0 Å². The van der Waals surface area contributed by atoms with Gasteiger partial charge in [-0.3, -0.25) is 19.6 Å². The molecule has 0 unspecified atom stereocenters. The van der Waals surface area contributed by atoms with Crippen molar-refractivity contribution in [2.45, 2.75) is 6.54 Å². The first kappa shape index (κ1) is 19.9. The third kappa shape index (κ3) is 5.13. The number of nitro benzene ring substituents is 1. The predicted molar refractivity (Wildman–Crippen MR) is 105 cm³/mol. The summed E-state index contributed by atoms with van der Waals surface area (Å²) < 4.78 is 6.95. The highest BCUT2D eigenvalue weighted by atomic mass is 35.5. The van der Waals surface area contributed by atoms with E-state index in [1.165, 1.54) is 47.4 Å². The smallest absolute Gasteiger partial charge is 0.275 e. The molecule has 0 saturated heterocycles. The fraction of sp³-hybridized carbons (Fsp3) is 0.0588. The lowest BCUT2D eigenvalue weighted by Gasteiger charge is -2.11. The average molecular weight is 442 g/mol. The van der Waals surface area contributed by atoms with Crippen molar-refractivity contribution >= 4 is 52.1 Å². The SMILES string of the molecule is O=C(Cn1cc(Cl)cn1)Nc1cc(Oc2ccc(Cl)cc2Cl)cc([N+](=O)[O-])c1. The molecule has 0 aliphatic carbocycles. The summed E-state index contributed by atoms with van der Waals surface area (Å²) in [6, 6.07) is 8.44. The number of hydrogen-bond donors (Lipinski definition) is 1. The minimum Gasteiger partial charge on any atom is -0.455 e. The van der Waals surface area contributed by atoms with Gasteiger partial charge in [0, 0.05) is 23.4 Å². The number of nitrogens with zero attached hydrogens (tertiary/aromatic N) is 3. The van der Waals surface area contributed by atoms with E-state index in [-0.39, 0.29) is 34.4 Å². The molecule has 0 fully saturated rings. The Kier molecular flexibility index (Phi) is 6.03. The van der Waals surface area contributed by atoms with Crippen LogP contribution >= 0.6 is 34.8 Å². The van der Waals surface area contributed by atoms with Crippen LogP contribution in [0.5, 0.6) is 11.5 Å². The molecule has 3 aromatic rings. The number of benzene rings is 2.